The van der Waals surface area contributed by atoms with Crippen LogP contribution in [0.2, 0.25) is 0 Å². The van der Waals surface area contributed by atoms with Crippen molar-refractivity contribution in [3.05, 3.63) is 106 Å². The third kappa shape index (κ3) is 4.58. The number of halogens is 1. The number of ether oxygens (including phenoxy) is 1. The van der Waals surface area contributed by atoms with Crippen molar-refractivity contribution >= 4 is 11.6 Å². The summed E-state index contributed by atoms with van der Waals surface area (Å²) in [6.45, 7) is 10.5. The fourth-order valence-corrected chi connectivity index (χ4v) is 4.00. The van der Waals surface area contributed by atoms with Gasteiger partial charge in [0.2, 0.25) is 0 Å². The lowest BCUT2D eigenvalue weighted by Crippen LogP contribution is -2.43. The number of benzene rings is 2. The lowest BCUT2D eigenvalue weighted by atomic mass is 10.1. The minimum atomic E-state index is 0.513. The van der Waals surface area contributed by atoms with Crippen LogP contribution < -0.4 is 0 Å². The molecule has 2 aromatic rings. The van der Waals surface area contributed by atoms with Gasteiger partial charge in [0.15, 0.2) is 0 Å². The maximum absolute atomic E-state index is 6.72. The first-order valence-corrected chi connectivity index (χ1v) is 10.6. The van der Waals surface area contributed by atoms with Gasteiger partial charge in [-0.1, -0.05) is 79.7 Å². The monoisotopic (exact) mass is 406 g/mol. The van der Waals surface area contributed by atoms with Crippen LogP contribution in [0, 0.1) is 0 Å². The van der Waals surface area contributed by atoms with Gasteiger partial charge >= 0.3 is 0 Å². The Labute approximate surface area is 178 Å². The van der Waals surface area contributed by atoms with Crippen LogP contribution in [0.15, 0.2) is 89.4 Å². The minimum absolute atomic E-state index is 0.513. The molecule has 1 saturated heterocycles. The Hall–Kier alpha value is -2.49. The van der Waals surface area contributed by atoms with E-state index in [0.717, 1.165) is 55.2 Å². The smallest absolute Gasteiger partial charge is 0.144 e. The number of fused-ring (bicyclic) bond motifs is 1. The zero-order valence-corrected chi connectivity index (χ0v) is 17.7. The topological polar surface area (TPSA) is 15.7 Å². The second-order valence-electron chi connectivity index (χ2n) is 7.58. The normalized spacial score (nSPS) is 17.2. The molecule has 0 spiro atoms. The molecule has 4 rings (SSSR count). The Kier molecular flexibility index (Phi) is 6.08. The molecule has 0 radical (unpaired) electrons. The number of aryl methyl sites for hydroxylation is 1. The predicted molar refractivity (Wildman–Crippen MR) is 119 cm³/mol. The molecule has 0 atom stereocenters. The van der Waals surface area contributed by atoms with Crippen molar-refractivity contribution < 1.29 is 4.74 Å². The van der Waals surface area contributed by atoms with Crippen LogP contribution in [0.3, 0.4) is 0 Å². The fourth-order valence-electron chi connectivity index (χ4n) is 3.74. The second-order valence-corrected chi connectivity index (χ2v) is 7.96. The van der Waals surface area contributed by atoms with Crippen molar-refractivity contribution in [3.63, 3.8) is 0 Å². The fraction of sp³-hybridized carbons (Fsp3) is 0.280. The average molecular weight is 407 g/mol. The Morgan fingerprint density at radius 1 is 0.966 bits per heavy atom. The summed E-state index contributed by atoms with van der Waals surface area (Å²) in [5, 5.41) is 0.710. The molecule has 2 aliphatic heterocycles. The lowest BCUT2D eigenvalue weighted by Gasteiger charge is -2.39. The molecule has 0 N–H and O–H groups in total. The van der Waals surface area contributed by atoms with E-state index in [4.69, 9.17) is 16.3 Å². The number of nitrogens with zero attached hydrogens (tertiary/aromatic N) is 2. The van der Waals surface area contributed by atoms with Crippen LogP contribution in [0.5, 0.6) is 0 Å². The van der Waals surface area contributed by atoms with Gasteiger partial charge in [0.25, 0.3) is 0 Å². The Balaban J connectivity index is 1.41. The Morgan fingerprint density at radius 2 is 1.69 bits per heavy atom. The second kappa shape index (κ2) is 8.89. The average Bonchev–Trinajstić information content (AvgIpc) is 2.77. The first kappa shape index (κ1) is 19.8. The van der Waals surface area contributed by atoms with E-state index in [1.54, 1.807) is 0 Å². The van der Waals surface area contributed by atoms with Gasteiger partial charge < -0.3 is 9.64 Å². The Bertz CT molecular complexity index is 931. The van der Waals surface area contributed by atoms with Gasteiger partial charge in [0.05, 0.1) is 10.7 Å². The molecule has 0 aromatic heterocycles. The highest BCUT2D eigenvalue weighted by atomic mass is 35.5. The highest BCUT2D eigenvalue weighted by Crippen LogP contribution is 2.35. The third-order valence-electron chi connectivity index (χ3n) is 5.54. The molecule has 29 heavy (non-hydrogen) atoms. The van der Waals surface area contributed by atoms with E-state index in [1.807, 2.05) is 18.2 Å². The van der Waals surface area contributed by atoms with E-state index in [0.29, 0.717) is 11.6 Å². The van der Waals surface area contributed by atoms with Crippen LogP contribution in [0.25, 0.3) is 0 Å². The summed E-state index contributed by atoms with van der Waals surface area (Å²) < 4.78 is 6.03. The maximum Gasteiger partial charge on any atom is 0.144 e. The van der Waals surface area contributed by atoms with Gasteiger partial charge in [0, 0.05) is 38.0 Å². The molecule has 2 heterocycles. The van der Waals surface area contributed by atoms with Gasteiger partial charge in [-0.3, -0.25) is 4.90 Å². The lowest BCUT2D eigenvalue weighted by molar-refractivity contribution is 0.173. The molecular weight excluding hydrogens is 380 g/mol. The van der Waals surface area contributed by atoms with Crippen molar-refractivity contribution in [1.82, 2.24) is 9.80 Å². The van der Waals surface area contributed by atoms with Gasteiger partial charge in [0.1, 0.15) is 12.4 Å². The van der Waals surface area contributed by atoms with Crippen LogP contribution in [-0.2, 0) is 24.3 Å². The summed E-state index contributed by atoms with van der Waals surface area (Å²) in [4.78, 5) is 4.65. The van der Waals surface area contributed by atoms with E-state index in [9.17, 15) is 0 Å². The highest BCUT2D eigenvalue weighted by Gasteiger charge is 2.29. The van der Waals surface area contributed by atoms with Crippen molar-refractivity contribution in [2.24, 2.45) is 0 Å². The predicted octanol–water partition coefficient (Wildman–Crippen LogP) is 5.45. The van der Waals surface area contributed by atoms with Crippen LogP contribution in [0.4, 0.5) is 0 Å². The molecule has 0 unspecified atom stereocenters. The van der Waals surface area contributed by atoms with E-state index in [1.165, 1.54) is 11.1 Å². The first-order valence-electron chi connectivity index (χ1n) is 10.2. The molecule has 1 fully saturated rings. The van der Waals surface area contributed by atoms with Gasteiger partial charge in [-0.15, -0.1) is 0 Å². The summed E-state index contributed by atoms with van der Waals surface area (Å²) in [7, 11) is 0. The number of hydrogen-bond donors (Lipinski definition) is 0. The van der Waals surface area contributed by atoms with E-state index in [2.05, 4.69) is 65.9 Å². The standard InChI is InChI=1S/C25H27ClN2O/c1-3-20-9-11-21(12-10-20)15-27-13-14-28-17-24(19(2)25(26)23(28)16-27)29-18-22-7-5-4-6-8-22/h4-12,17H,2-3,13-16,18H2,1H3. The molecule has 150 valence electrons. The highest BCUT2D eigenvalue weighted by molar-refractivity contribution is 6.32. The molecule has 3 nitrogen and oxygen atoms in total. The molecule has 0 bridgehead atoms. The summed E-state index contributed by atoms with van der Waals surface area (Å²) in [5.41, 5.74) is 5.72. The molecule has 2 aliphatic rings. The molecular formula is C25H27ClN2O. The van der Waals surface area contributed by atoms with E-state index < -0.39 is 0 Å². The van der Waals surface area contributed by atoms with Crippen molar-refractivity contribution in [2.75, 3.05) is 19.6 Å². The minimum Gasteiger partial charge on any atom is -0.487 e. The third-order valence-corrected chi connectivity index (χ3v) is 5.99. The van der Waals surface area contributed by atoms with Crippen LogP contribution >= 0.6 is 11.6 Å². The first-order chi connectivity index (χ1) is 14.1. The summed E-state index contributed by atoms with van der Waals surface area (Å²) in [6.07, 6.45) is 3.13. The van der Waals surface area contributed by atoms with Gasteiger partial charge in [-0.2, -0.15) is 0 Å². The zero-order valence-electron chi connectivity index (χ0n) is 16.9. The SMILES string of the molecule is C=C1C(OCc2ccccc2)=CN2CCN(Cc3ccc(CC)cc3)CC2=C1Cl. The van der Waals surface area contributed by atoms with Crippen molar-refractivity contribution in [3.8, 4) is 0 Å². The number of piperazine rings is 1. The van der Waals surface area contributed by atoms with Gasteiger partial charge in [-0.05, 0) is 23.1 Å². The van der Waals surface area contributed by atoms with E-state index >= 15 is 0 Å². The molecule has 4 heteroatoms. The number of hydrogen-bond acceptors (Lipinski definition) is 3. The van der Waals surface area contributed by atoms with Crippen LogP contribution in [-0.4, -0.2) is 29.4 Å². The molecule has 0 aliphatic carbocycles. The molecule has 2 aromatic carbocycles. The molecule has 0 amide bonds. The summed E-state index contributed by atoms with van der Waals surface area (Å²) in [5.74, 6) is 0.756. The van der Waals surface area contributed by atoms with Crippen molar-refractivity contribution in [2.45, 2.75) is 26.5 Å². The molecule has 0 saturated carbocycles. The quantitative estimate of drug-likeness (QED) is 0.634. The van der Waals surface area contributed by atoms with Gasteiger partial charge in [-0.25, -0.2) is 0 Å². The summed E-state index contributed by atoms with van der Waals surface area (Å²) >= 11 is 6.72. The largest absolute Gasteiger partial charge is 0.487 e. The van der Waals surface area contributed by atoms with Crippen molar-refractivity contribution in [1.29, 1.82) is 0 Å². The number of allylic oxidation sites excluding steroid dienone is 1. The number of rotatable bonds is 6. The van der Waals surface area contributed by atoms with Crippen LogP contribution in [0.1, 0.15) is 23.6 Å². The Morgan fingerprint density at radius 3 is 2.41 bits per heavy atom. The van der Waals surface area contributed by atoms with E-state index in [-0.39, 0.29) is 0 Å². The zero-order chi connectivity index (χ0) is 20.2. The maximum atomic E-state index is 6.72. The summed E-state index contributed by atoms with van der Waals surface area (Å²) in [6, 6.07) is 19.1.